The Morgan fingerprint density at radius 1 is 1.67 bits per heavy atom. The molecule has 1 unspecified atom stereocenters. The van der Waals surface area contributed by atoms with E-state index < -0.39 is 0 Å². The molecule has 2 heterocycles. The van der Waals surface area contributed by atoms with Crippen LogP contribution in [0.4, 0.5) is 5.69 Å². The molecule has 5 nitrogen and oxygen atoms in total. The Hall–Kier alpha value is -0.880. The minimum atomic E-state index is -0.0976. The van der Waals surface area contributed by atoms with Crippen LogP contribution in [0.3, 0.4) is 0 Å². The van der Waals surface area contributed by atoms with Crippen LogP contribution < -0.4 is 10.9 Å². The number of nitrogens with zero attached hydrogens (tertiary/aromatic N) is 2. The molecule has 1 aromatic heterocycles. The Balaban J connectivity index is 1.93. The SMILES string of the molecule is CCn1ncc(NCCC2CCCO2)c(Br)c1=O. The fourth-order valence-corrected chi connectivity index (χ4v) is 2.50. The number of hydrogen-bond donors (Lipinski definition) is 1. The van der Waals surface area contributed by atoms with Crippen LogP contribution in [0.1, 0.15) is 26.2 Å². The molecule has 1 atom stereocenters. The second-order valence-corrected chi connectivity index (χ2v) is 5.14. The standard InChI is InChI=1S/C12H18BrN3O2/c1-2-16-12(17)11(13)10(8-15-16)14-6-5-9-4-3-7-18-9/h8-9,14H,2-7H2,1H3. The molecule has 2 rings (SSSR count). The Labute approximate surface area is 115 Å². The van der Waals surface area contributed by atoms with Crippen molar-refractivity contribution in [2.24, 2.45) is 0 Å². The quantitative estimate of drug-likeness (QED) is 0.903. The molecule has 0 radical (unpaired) electrons. The molecule has 1 aliphatic rings. The average Bonchev–Trinajstić information content (AvgIpc) is 2.88. The zero-order valence-electron chi connectivity index (χ0n) is 10.5. The molecule has 1 N–H and O–H groups in total. The molecule has 6 heteroatoms. The zero-order valence-corrected chi connectivity index (χ0v) is 12.1. The van der Waals surface area contributed by atoms with Gasteiger partial charge in [-0.2, -0.15) is 5.10 Å². The van der Waals surface area contributed by atoms with E-state index in [0.717, 1.165) is 38.1 Å². The van der Waals surface area contributed by atoms with Gasteiger partial charge in [-0.15, -0.1) is 0 Å². The molecule has 0 aromatic carbocycles. The molecule has 1 aromatic rings. The lowest BCUT2D eigenvalue weighted by molar-refractivity contribution is 0.107. The largest absolute Gasteiger partial charge is 0.383 e. The van der Waals surface area contributed by atoms with Crippen LogP contribution in [-0.4, -0.2) is 29.0 Å². The first-order valence-electron chi connectivity index (χ1n) is 6.33. The molecule has 0 spiro atoms. The van der Waals surface area contributed by atoms with Gasteiger partial charge in [0.1, 0.15) is 4.47 Å². The Morgan fingerprint density at radius 3 is 3.17 bits per heavy atom. The number of nitrogens with one attached hydrogen (secondary N) is 1. The number of ether oxygens (including phenoxy) is 1. The Morgan fingerprint density at radius 2 is 2.50 bits per heavy atom. The van der Waals surface area contributed by atoms with E-state index in [1.165, 1.54) is 4.68 Å². The van der Waals surface area contributed by atoms with Gasteiger partial charge >= 0.3 is 0 Å². The van der Waals surface area contributed by atoms with Gasteiger partial charge in [0.15, 0.2) is 0 Å². The molecule has 100 valence electrons. The highest BCUT2D eigenvalue weighted by atomic mass is 79.9. The maximum Gasteiger partial charge on any atom is 0.283 e. The van der Waals surface area contributed by atoms with Gasteiger partial charge in [-0.1, -0.05) is 0 Å². The van der Waals surface area contributed by atoms with Gasteiger partial charge < -0.3 is 10.1 Å². The van der Waals surface area contributed by atoms with E-state index in [0.29, 0.717) is 17.1 Å². The molecule has 18 heavy (non-hydrogen) atoms. The van der Waals surface area contributed by atoms with Crippen LogP contribution in [0.2, 0.25) is 0 Å². The van der Waals surface area contributed by atoms with Gasteiger partial charge in [-0.25, -0.2) is 4.68 Å². The molecular formula is C12H18BrN3O2. The molecule has 1 aliphatic heterocycles. The predicted octanol–water partition coefficient (Wildman–Crippen LogP) is 2.01. The van der Waals surface area contributed by atoms with E-state index >= 15 is 0 Å². The van der Waals surface area contributed by atoms with Crippen molar-refractivity contribution in [1.29, 1.82) is 0 Å². The molecule has 1 fully saturated rings. The highest BCUT2D eigenvalue weighted by Gasteiger charge is 2.15. The minimum absolute atomic E-state index is 0.0976. The van der Waals surface area contributed by atoms with Gasteiger partial charge in [0.2, 0.25) is 0 Å². The summed E-state index contributed by atoms with van der Waals surface area (Å²) in [6.45, 7) is 4.14. The van der Waals surface area contributed by atoms with E-state index in [9.17, 15) is 4.79 Å². The third-order valence-corrected chi connectivity index (χ3v) is 3.86. The summed E-state index contributed by atoms with van der Waals surface area (Å²) in [6.07, 6.45) is 5.30. The van der Waals surface area contributed by atoms with E-state index in [4.69, 9.17) is 4.74 Å². The third kappa shape index (κ3) is 3.11. The van der Waals surface area contributed by atoms with Gasteiger partial charge in [-0.3, -0.25) is 4.79 Å². The van der Waals surface area contributed by atoms with Crippen molar-refractivity contribution in [2.75, 3.05) is 18.5 Å². The Bertz CT molecular complexity index is 455. The number of halogens is 1. The molecule has 0 bridgehead atoms. The maximum absolute atomic E-state index is 11.8. The van der Waals surface area contributed by atoms with Crippen molar-refractivity contribution in [1.82, 2.24) is 9.78 Å². The van der Waals surface area contributed by atoms with E-state index in [1.54, 1.807) is 6.20 Å². The van der Waals surface area contributed by atoms with Crippen molar-refractivity contribution < 1.29 is 4.74 Å². The van der Waals surface area contributed by atoms with E-state index in [1.807, 2.05) is 6.92 Å². The van der Waals surface area contributed by atoms with Gasteiger partial charge in [0.05, 0.1) is 18.0 Å². The highest BCUT2D eigenvalue weighted by Crippen LogP contribution is 2.18. The van der Waals surface area contributed by atoms with Crippen molar-refractivity contribution >= 4 is 21.6 Å². The van der Waals surface area contributed by atoms with Gasteiger partial charge in [-0.05, 0) is 42.1 Å². The molecule has 0 amide bonds. The Kier molecular flexibility index (Phi) is 4.77. The van der Waals surface area contributed by atoms with Crippen LogP contribution in [-0.2, 0) is 11.3 Å². The highest BCUT2D eigenvalue weighted by molar-refractivity contribution is 9.10. The summed E-state index contributed by atoms with van der Waals surface area (Å²) in [6, 6.07) is 0. The van der Waals surface area contributed by atoms with Gasteiger partial charge in [0.25, 0.3) is 5.56 Å². The first-order chi connectivity index (χ1) is 8.72. The lowest BCUT2D eigenvalue weighted by atomic mass is 10.2. The van der Waals surface area contributed by atoms with Crippen molar-refractivity contribution in [3.63, 3.8) is 0 Å². The van der Waals surface area contributed by atoms with Crippen LogP contribution in [0, 0.1) is 0 Å². The zero-order chi connectivity index (χ0) is 13.0. The lowest BCUT2D eigenvalue weighted by Gasteiger charge is -2.12. The second kappa shape index (κ2) is 6.33. The monoisotopic (exact) mass is 315 g/mol. The lowest BCUT2D eigenvalue weighted by Crippen LogP contribution is -2.24. The average molecular weight is 316 g/mol. The summed E-state index contributed by atoms with van der Waals surface area (Å²) in [5.74, 6) is 0. The number of aryl methyl sites for hydroxylation is 1. The summed E-state index contributed by atoms with van der Waals surface area (Å²) >= 11 is 3.32. The van der Waals surface area contributed by atoms with E-state index in [2.05, 4.69) is 26.3 Å². The normalized spacial score (nSPS) is 19.1. The summed E-state index contributed by atoms with van der Waals surface area (Å²) < 4.78 is 7.52. The molecular weight excluding hydrogens is 298 g/mol. The second-order valence-electron chi connectivity index (χ2n) is 4.34. The fourth-order valence-electron chi connectivity index (χ4n) is 2.05. The van der Waals surface area contributed by atoms with Crippen molar-refractivity contribution in [2.45, 2.75) is 38.8 Å². The number of aromatic nitrogens is 2. The van der Waals surface area contributed by atoms with Crippen molar-refractivity contribution in [3.8, 4) is 0 Å². The van der Waals surface area contributed by atoms with Crippen LogP contribution >= 0.6 is 15.9 Å². The number of hydrogen-bond acceptors (Lipinski definition) is 4. The van der Waals surface area contributed by atoms with E-state index in [-0.39, 0.29) is 5.56 Å². The minimum Gasteiger partial charge on any atom is -0.383 e. The first kappa shape index (κ1) is 13.5. The maximum atomic E-state index is 11.8. The molecule has 1 saturated heterocycles. The molecule has 0 aliphatic carbocycles. The van der Waals surface area contributed by atoms with Crippen LogP contribution in [0.15, 0.2) is 15.5 Å². The van der Waals surface area contributed by atoms with Crippen LogP contribution in [0.25, 0.3) is 0 Å². The molecule has 0 saturated carbocycles. The first-order valence-corrected chi connectivity index (χ1v) is 7.12. The smallest absolute Gasteiger partial charge is 0.283 e. The number of rotatable bonds is 5. The van der Waals surface area contributed by atoms with Crippen LogP contribution in [0.5, 0.6) is 0 Å². The summed E-state index contributed by atoms with van der Waals surface area (Å²) in [5.41, 5.74) is 0.655. The summed E-state index contributed by atoms with van der Waals surface area (Å²) in [5, 5.41) is 7.32. The fraction of sp³-hybridized carbons (Fsp3) is 0.667. The summed E-state index contributed by atoms with van der Waals surface area (Å²) in [4.78, 5) is 11.8. The topological polar surface area (TPSA) is 56.1 Å². The predicted molar refractivity (Wildman–Crippen MR) is 74.0 cm³/mol. The van der Waals surface area contributed by atoms with Crippen molar-refractivity contribution in [3.05, 3.63) is 21.0 Å². The summed E-state index contributed by atoms with van der Waals surface area (Å²) in [7, 11) is 0. The van der Waals surface area contributed by atoms with Gasteiger partial charge in [0, 0.05) is 19.7 Å². The third-order valence-electron chi connectivity index (χ3n) is 3.09. The number of anilines is 1.